The van der Waals surface area contributed by atoms with Gasteiger partial charge in [-0.15, -0.1) is 0 Å². The van der Waals surface area contributed by atoms with Gasteiger partial charge in [0.25, 0.3) is 0 Å². The van der Waals surface area contributed by atoms with Gasteiger partial charge in [0.05, 0.1) is 26.4 Å². The Morgan fingerprint density at radius 2 is 2.04 bits per heavy atom. The monoisotopic (exact) mass is 386 g/mol. The number of rotatable bonds is 5. The molecular formula is C21H20F2N2O3. The van der Waals surface area contributed by atoms with E-state index < -0.39 is 17.4 Å². The van der Waals surface area contributed by atoms with Crippen LogP contribution in [-0.4, -0.2) is 30.4 Å². The Morgan fingerprint density at radius 3 is 2.82 bits per heavy atom. The van der Waals surface area contributed by atoms with Gasteiger partial charge in [-0.05, 0) is 30.2 Å². The van der Waals surface area contributed by atoms with Crippen LogP contribution in [0.4, 0.5) is 8.78 Å². The van der Waals surface area contributed by atoms with Crippen LogP contribution in [0.5, 0.6) is 17.2 Å². The number of methoxy groups -OCH3 is 2. The van der Waals surface area contributed by atoms with Crippen molar-refractivity contribution in [3.8, 4) is 28.6 Å². The Bertz CT molecular complexity index is 1000. The lowest BCUT2D eigenvalue weighted by Gasteiger charge is -2.26. The number of halogens is 2. The fraction of sp³-hybridized carbons (Fsp3) is 0.286. The number of hydrogen-bond acceptors (Lipinski definition) is 4. The fourth-order valence-corrected chi connectivity index (χ4v) is 3.53. The predicted molar refractivity (Wildman–Crippen MR) is 99.8 cm³/mol. The number of imidazole rings is 1. The van der Waals surface area contributed by atoms with Crippen molar-refractivity contribution in [3.05, 3.63) is 59.9 Å². The first-order valence-electron chi connectivity index (χ1n) is 8.94. The van der Waals surface area contributed by atoms with E-state index in [2.05, 4.69) is 4.98 Å². The summed E-state index contributed by atoms with van der Waals surface area (Å²) >= 11 is 0. The van der Waals surface area contributed by atoms with Crippen LogP contribution in [-0.2, 0) is 13.0 Å². The molecule has 2 aromatic carbocycles. The van der Waals surface area contributed by atoms with Crippen molar-refractivity contribution in [1.82, 2.24) is 9.55 Å². The SMILES string of the molecule is COc1ccc2c(c1)OCC(Cn1ccnc1-c1ccc(F)c(OC)c1F)C2. The van der Waals surface area contributed by atoms with E-state index in [9.17, 15) is 8.78 Å². The Morgan fingerprint density at radius 1 is 1.18 bits per heavy atom. The molecule has 1 aromatic heterocycles. The highest BCUT2D eigenvalue weighted by molar-refractivity contribution is 5.60. The Labute approximate surface area is 161 Å². The quantitative estimate of drug-likeness (QED) is 0.662. The smallest absolute Gasteiger partial charge is 0.191 e. The second-order valence-electron chi connectivity index (χ2n) is 6.70. The van der Waals surface area contributed by atoms with E-state index in [-0.39, 0.29) is 11.5 Å². The van der Waals surface area contributed by atoms with E-state index >= 15 is 0 Å². The lowest BCUT2D eigenvalue weighted by atomic mass is 9.96. The molecule has 1 atom stereocenters. The third kappa shape index (κ3) is 3.28. The van der Waals surface area contributed by atoms with Gasteiger partial charge < -0.3 is 18.8 Å². The lowest BCUT2D eigenvalue weighted by molar-refractivity contribution is 0.205. The molecule has 0 spiro atoms. The molecule has 0 saturated carbocycles. The minimum absolute atomic E-state index is 0.194. The van der Waals surface area contributed by atoms with Crippen molar-refractivity contribution in [2.24, 2.45) is 5.92 Å². The Hall–Kier alpha value is -3.09. The van der Waals surface area contributed by atoms with Crippen LogP contribution in [0.15, 0.2) is 42.7 Å². The molecule has 0 bridgehead atoms. The first-order chi connectivity index (χ1) is 13.6. The summed E-state index contributed by atoms with van der Waals surface area (Å²) in [5.41, 5.74) is 1.30. The van der Waals surface area contributed by atoms with Gasteiger partial charge in [-0.2, -0.15) is 0 Å². The number of ether oxygens (including phenoxy) is 3. The van der Waals surface area contributed by atoms with Crippen LogP contribution in [0.3, 0.4) is 0 Å². The molecular weight excluding hydrogens is 366 g/mol. The van der Waals surface area contributed by atoms with E-state index in [1.807, 2.05) is 22.8 Å². The van der Waals surface area contributed by atoms with Gasteiger partial charge in [0.15, 0.2) is 17.4 Å². The standard InChI is InChI=1S/C21H20F2N2O3/c1-26-15-4-3-14-9-13(12-28-18(14)10-15)11-25-8-7-24-21(25)16-5-6-17(22)20(27-2)19(16)23/h3-8,10,13H,9,11-12H2,1-2H3. The van der Waals surface area contributed by atoms with Crippen LogP contribution in [0.2, 0.25) is 0 Å². The van der Waals surface area contributed by atoms with Crippen LogP contribution in [0.1, 0.15) is 5.56 Å². The molecule has 0 fully saturated rings. The maximum atomic E-state index is 14.7. The molecule has 4 rings (SSSR count). The second-order valence-corrected chi connectivity index (χ2v) is 6.70. The van der Waals surface area contributed by atoms with E-state index in [0.717, 1.165) is 23.5 Å². The number of benzene rings is 2. The van der Waals surface area contributed by atoms with Gasteiger partial charge in [0, 0.05) is 30.9 Å². The van der Waals surface area contributed by atoms with Crippen LogP contribution >= 0.6 is 0 Å². The first-order valence-corrected chi connectivity index (χ1v) is 8.94. The van der Waals surface area contributed by atoms with Crippen LogP contribution in [0.25, 0.3) is 11.4 Å². The summed E-state index contributed by atoms with van der Waals surface area (Å²) in [6.07, 6.45) is 4.22. The van der Waals surface area contributed by atoms with Crippen molar-refractivity contribution < 1.29 is 23.0 Å². The zero-order valence-corrected chi connectivity index (χ0v) is 15.6. The largest absolute Gasteiger partial charge is 0.497 e. The average Bonchev–Trinajstić information content (AvgIpc) is 3.15. The maximum Gasteiger partial charge on any atom is 0.191 e. The molecule has 0 amide bonds. The molecule has 0 saturated heterocycles. The Kier molecular flexibility index (Phi) is 4.90. The molecule has 2 heterocycles. The molecule has 3 aromatic rings. The molecule has 1 aliphatic rings. The van der Waals surface area contributed by atoms with Gasteiger partial charge in [0.1, 0.15) is 17.3 Å². The van der Waals surface area contributed by atoms with Crippen molar-refractivity contribution in [3.63, 3.8) is 0 Å². The number of fused-ring (bicyclic) bond motifs is 1. The second kappa shape index (κ2) is 7.50. The van der Waals surface area contributed by atoms with E-state index in [0.29, 0.717) is 19.0 Å². The molecule has 7 heteroatoms. The van der Waals surface area contributed by atoms with E-state index in [1.54, 1.807) is 19.5 Å². The first kappa shape index (κ1) is 18.3. The third-order valence-corrected chi connectivity index (χ3v) is 4.92. The number of hydrogen-bond donors (Lipinski definition) is 0. The summed E-state index contributed by atoms with van der Waals surface area (Å²) in [5, 5.41) is 0. The minimum Gasteiger partial charge on any atom is -0.497 e. The fourth-order valence-electron chi connectivity index (χ4n) is 3.53. The lowest BCUT2D eigenvalue weighted by Crippen LogP contribution is -2.25. The summed E-state index contributed by atoms with van der Waals surface area (Å²) in [6, 6.07) is 8.36. The van der Waals surface area contributed by atoms with E-state index in [1.165, 1.54) is 19.2 Å². The minimum atomic E-state index is -0.757. The molecule has 0 radical (unpaired) electrons. The van der Waals surface area contributed by atoms with Crippen molar-refractivity contribution in [2.45, 2.75) is 13.0 Å². The topological polar surface area (TPSA) is 45.5 Å². The highest BCUT2D eigenvalue weighted by atomic mass is 19.1. The molecule has 5 nitrogen and oxygen atoms in total. The third-order valence-electron chi connectivity index (χ3n) is 4.92. The molecule has 0 aliphatic carbocycles. The highest BCUT2D eigenvalue weighted by Crippen LogP contribution is 2.33. The average molecular weight is 386 g/mol. The Balaban J connectivity index is 1.58. The molecule has 1 unspecified atom stereocenters. The van der Waals surface area contributed by atoms with Gasteiger partial charge in [-0.3, -0.25) is 0 Å². The van der Waals surface area contributed by atoms with Crippen LogP contribution < -0.4 is 14.2 Å². The molecule has 28 heavy (non-hydrogen) atoms. The van der Waals surface area contributed by atoms with Gasteiger partial charge in [-0.25, -0.2) is 13.8 Å². The van der Waals surface area contributed by atoms with Crippen LogP contribution in [0, 0.1) is 17.6 Å². The summed E-state index contributed by atoms with van der Waals surface area (Å²) in [7, 11) is 2.86. The number of nitrogens with zero attached hydrogens (tertiary/aromatic N) is 2. The van der Waals surface area contributed by atoms with Crippen molar-refractivity contribution in [2.75, 3.05) is 20.8 Å². The van der Waals surface area contributed by atoms with Crippen molar-refractivity contribution in [1.29, 1.82) is 0 Å². The van der Waals surface area contributed by atoms with Gasteiger partial charge in [-0.1, -0.05) is 6.07 Å². The number of aromatic nitrogens is 2. The zero-order valence-electron chi connectivity index (χ0n) is 15.6. The highest BCUT2D eigenvalue weighted by Gasteiger charge is 2.23. The zero-order chi connectivity index (χ0) is 19.7. The maximum absolute atomic E-state index is 14.7. The van der Waals surface area contributed by atoms with Crippen molar-refractivity contribution >= 4 is 0 Å². The molecule has 0 N–H and O–H groups in total. The summed E-state index contributed by atoms with van der Waals surface area (Å²) in [4.78, 5) is 4.27. The predicted octanol–water partition coefficient (Wildman–Crippen LogP) is 4.10. The summed E-state index contributed by atoms with van der Waals surface area (Å²) in [6.45, 7) is 1.13. The normalized spacial score (nSPS) is 15.6. The van der Waals surface area contributed by atoms with Gasteiger partial charge in [0.2, 0.25) is 0 Å². The summed E-state index contributed by atoms with van der Waals surface area (Å²) < 4.78 is 46.2. The van der Waals surface area contributed by atoms with Gasteiger partial charge >= 0.3 is 0 Å². The summed E-state index contributed by atoms with van der Waals surface area (Å²) in [5.74, 6) is 0.305. The molecule has 146 valence electrons. The van der Waals surface area contributed by atoms with E-state index in [4.69, 9.17) is 14.2 Å². The molecule has 1 aliphatic heterocycles.